The molecule has 78 valence electrons. The minimum atomic E-state index is 1.21. The summed E-state index contributed by atoms with van der Waals surface area (Å²) in [4.78, 5) is 0. The van der Waals surface area contributed by atoms with Gasteiger partial charge in [-0.3, -0.25) is 0 Å². The van der Waals surface area contributed by atoms with Gasteiger partial charge in [0.25, 0.3) is 0 Å². The van der Waals surface area contributed by atoms with Gasteiger partial charge in [-0.2, -0.15) is 0 Å². The Hall–Kier alpha value is -1.05. The van der Waals surface area contributed by atoms with Gasteiger partial charge in [-0.15, -0.1) is 0 Å². The topological polar surface area (TPSA) is 35.9 Å². The molecule has 0 atom stereocenters. The highest BCUT2D eigenvalue weighted by Crippen LogP contribution is 1.98. The molecule has 0 aliphatic rings. The molecular weight excluding hydrogens is 160 g/mol. The molecule has 0 aromatic heterocycles. The van der Waals surface area contributed by atoms with Crippen LogP contribution in [-0.4, -0.2) is 13.8 Å². The van der Waals surface area contributed by atoms with E-state index in [-0.39, 0.29) is 0 Å². The highest BCUT2D eigenvalue weighted by atomic mass is 14.8. The van der Waals surface area contributed by atoms with Crippen LogP contribution in [0.1, 0.15) is 34.6 Å². The zero-order valence-corrected chi connectivity index (χ0v) is 9.86. The van der Waals surface area contributed by atoms with E-state index in [1.54, 1.807) is 0 Å². The predicted molar refractivity (Wildman–Crippen MR) is 63.4 cm³/mol. The molecule has 0 saturated carbocycles. The molecular formula is C11H24N2. The van der Waals surface area contributed by atoms with Crippen molar-refractivity contribution in [1.29, 1.82) is 5.41 Å². The number of nitrogens with one attached hydrogen (secondary N) is 2. The molecule has 0 aromatic rings. The third-order valence-electron chi connectivity index (χ3n) is 1.14. The molecule has 0 spiro atoms. The van der Waals surface area contributed by atoms with Gasteiger partial charge < -0.3 is 10.7 Å². The zero-order chi connectivity index (χ0) is 11.3. The minimum Gasteiger partial charge on any atom is -0.388 e. The second kappa shape index (κ2) is 17.2. The Labute approximate surface area is 83.3 Å². The van der Waals surface area contributed by atoms with E-state index < -0.39 is 0 Å². The highest BCUT2D eigenvalue weighted by Gasteiger charge is 1.86. The average molecular weight is 184 g/mol. The van der Waals surface area contributed by atoms with Gasteiger partial charge in [-0.05, 0) is 33.6 Å². The highest BCUT2D eigenvalue weighted by molar-refractivity contribution is 5.20. The summed E-state index contributed by atoms with van der Waals surface area (Å²) in [6.45, 7) is 12.7. The second-order valence-electron chi connectivity index (χ2n) is 2.16. The Morgan fingerprint density at radius 1 is 1.23 bits per heavy atom. The van der Waals surface area contributed by atoms with Crippen LogP contribution in [0, 0.1) is 5.41 Å². The molecule has 0 saturated heterocycles. The van der Waals surface area contributed by atoms with Gasteiger partial charge in [0.15, 0.2) is 0 Å². The maximum atomic E-state index is 5.50. The van der Waals surface area contributed by atoms with Crippen LogP contribution in [0.4, 0.5) is 0 Å². The Morgan fingerprint density at radius 3 is 1.69 bits per heavy atom. The predicted octanol–water partition coefficient (Wildman–Crippen LogP) is 3.37. The van der Waals surface area contributed by atoms with Gasteiger partial charge in [-0.25, -0.2) is 0 Å². The van der Waals surface area contributed by atoms with E-state index in [0.717, 1.165) is 0 Å². The first-order valence-electron chi connectivity index (χ1n) is 4.55. The monoisotopic (exact) mass is 184 g/mol. The number of allylic oxidation sites excluding steroid dienone is 3. The molecule has 0 bridgehead atoms. The summed E-state index contributed by atoms with van der Waals surface area (Å²) in [5.41, 5.74) is 2.52. The van der Waals surface area contributed by atoms with Crippen molar-refractivity contribution >= 4 is 6.72 Å². The average Bonchev–Trinajstić information content (AvgIpc) is 2.20. The maximum absolute atomic E-state index is 5.50. The summed E-state index contributed by atoms with van der Waals surface area (Å²) in [5, 5.41) is 8.60. The number of rotatable bonds is 2. The summed E-state index contributed by atoms with van der Waals surface area (Å²) < 4.78 is 0. The van der Waals surface area contributed by atoms with Crippen LogP contribution < -0.4 is 5.32 Å². The minimum absolute atomic E-state index is 1.21. The van der Waals surface area contributed by atoms with Crippen molar-refractivity contribution in [1.82, 2.24) is 5.32 Å². The summed E-state index contributed by atoms with van der Waals surface area (Å²) in [6, 6.07) is 0. The number of hydrogen-bond donors (Lipinski definition) is 2. The summed E-state index contributed by atoms with van der Waals surface area (Å²) in [5.74, 6) is 0. The molecule has 2 N–H and O–H groups in total. The van der Waals surface area contributed by atoms with Crippen LogP contribution in [0.15, 0.2) is 23.4 Å². The van der Waals surface area contributed by atoms with Crippen molar-refractivity contribution in [2.75, 3.05) is 7.05 Å². The molecule has 0 heterocycles. The lowest BCUT2D eigenvalue weighted by atomic mass is 10.2. The van der Waals surface area contributed by atoms with Crippen molar-refractivity contribution in [3.05, 3.63) is 23.4 Å². The fraction of sp³-hybridized carbons (Fsp3) is 0.545. The van der Waals surface area contributed by atoms with E-state index >= 15 is 0 Å². The summed E-state index contributed by atoms with van der Waals surface area (Å²) in [7, 11) is 1.93. The fourth-order valence-electron chi connectivity index (χ4n) is 0.667. The normalized spacial score (nSPS) is 7.54. The van der Waals surface area contributed by atoms with E-state index in [2.05, 4.69) is 32.0 Å². The number of likely N-dealkylation sites (N-methyl/N-ethyl adjacent to an activating group) is 1. The van der Waals surface area contributed by atoms with Crippen LogP contribution in [-0.2, 0) is 0 Å². The quantitative estimate of drug-likeness (QED) is 0.501. The molecule has 2 heteroatoms. The first-order chi connectivity index (χ1) is 6.22. The molecule has 2 nitrogen and oxygen atoms in total. The van der Waals surface area contributed by atoms with Crippen molar-refractivity contribution in [2.24, 2.45) is 0 Å². The Morgan fingerprint density at radius 2 is 1.62 bits per heavy atom. The van der Waals surface area contributed by atoms with Crippen molar-refractivity contribution < 1.29 is 0 Å². The molecule has 0 aliphatic heterocycles. The van der Waals surface area contributed by atoms with Crippen molar-refractivity contribution in [3.63, 3.8) is 0 Å². The van der Waals surface area contributed by atoms with Crippen LogP contribution in [0.25, 0.3) is 0 Å². The Kier molecular flexibility index (Phi) is 23.6. The van der Waals surface area contributed by atoms with Gasteiger partial charge in [0.1, 0.15) is 0 Å². The molecule has 0 aliphatic carbocycles. The summed E-state index contributed by atoms with van der Waals surface area (Å²) >= 11 is 0. The van der Waals surface area contributed by atoms with Crippen molar-refractivity contribution in [3.8, 4) is 0 Å². The van der Waals surface area contributed by atoms with Crippen LogP contribution in [0.3, 0.4) is 0 Å². The molecule has 0 radical (unpaired) electrons. The van der Waals surface area contributed by atoms with E-state index in [1.165, 1.54) is 11.3 Å². The van der Waals surface area contributed by atoms with E-state index in [9.17, 15) is 0 Å². The van der Waals surface area contributed by atoms with Crippen molar-refractivity contribution in [2.45, 2.75) is 34.6 Å². The standard InChI is InChI=1S/C8H15N.C2H6.CH3N/c1-5-6-8(9-4)7(2)3;2*1-2/h5-6,9H,1-4H3;1-2H3;2H,1H2/b6-5-;;. The van der Waals surface area contributed by atoms with Crippen LogP contribution >= 0.6 is 0 Å². The van der Waals surface area contributed by atoms with E-state index in [0.29, 0.717) is 0 Å². The largest absolute Gasteiger partial charge is 0.388 e. The first-order valence-corrected chi connectivity index (χ1v) is 4.55. The maximum Gasteiger partial charge on any atom is 0.0320 e. The zero-order valence-electron chi connectivity index (χ0n) is 9.86. The number of hydrogen-bond acceptors (Lipinski definition) is 2. The van der Waals surface area contributed by atoms with Crippen LogP contribution in [0.5, 0.6) is 0 Å². The molecule has 0 amide bonds. The second-order valence-corrected chi connectivity index (χ2v) is 2.16. The first kappa shape index (κ1) is 17.9. The van der Waals surface area contributed by atoms with Gasteiger partial charge in [-0.1, -0.05) is 25.5 Å². The lowest BCUT2D eigenvalue weighted by Gasteiger charge is -2.01. The van der Waals surface area contributed by atoms with E-state index in [4.69, 9.17) is 5.41 Å². The fourth-order valence-corrected chi connectivity index (χ4v) is 0.667. The van der Waals surface area contributed by atoms with Gasteiger partial charge >= 0.3 is 0 Å². The smallest absolute Gasteiger partial charge is 0.0320 e. The third kappa shape index (κ3) is 13.9. The van der Waals surface area contributed by atoms with E-state index in [1.807, 2.05) is 33.9 Å². The van der Waals surface area contributed by atoms with Gasteiger partial charge in [0.05, 0.1) is 0 Å². The van der Waals surface area contributed by atoms with Gasteiger partial charge in [0.2, 0.25) is 0 Å². The molecule has 0 unspecified atom stereocenters. The Balaban J connectivity index is -0.000000218. The SMILES string of the molecule is C/C=C\C(NC)=C(C)C.C=N.CC. The Bertz CT molecular complexity index is 142. The molecule has 0 aromatic carbocycles. The molecule has 13 heavy (non-hydrogen) atoms. The molecule has 0 fully saturated rings. The molecule has 0 rings (SSSR count). The lowest BCUT2D eigenvalue weighted by molar-refractivity contribution is 0.998. The van der Waals surface area contributed by atoms with Crippen LogP contribution in [0.2, 0.25) is 0 Å². The third-order valence-corrected chi connectivity index (χ3v) is 1.14. The lowest BCUT2D eigenvalue weighted by Crippen LogP contribution is -2.04. The van der Waals surface area contributed by atoms with Gasteiger partial charge in [0, 0.05) is 12.7 Å². The summed E-state index contributed by atoms with van der Waals surface area (Å²) in [6.07, 6.45) is 4.09.